The van der Waals surface area contributed by atoms with Gasteiger partial charge in [-0.05, 0) is 6.04 Å². The molecule has 0 atom stereocenters. The van der Waals surface area contributed by atoms with Gasteiger partial charge >= 0.3 is 0 Å². The SMILES string of the molecule is C[Si](C)(C)C#Cc1cnn(COCC[Si](C)(C)C)c1. The molecule has 1 aromatic rings. The van der Waals surface area contributed by atoms with E-state index in [0.717, 1.165) is 12.2 Å². The van der Waals surface area contributed by atoms with Crippen molar-refractivity contribution in [1.82, 2.24) is 9.78 Å². The van der Waals surface area contributed by atoms with E-state index in [4.69, 9.17) is 4.74 Å². The van der Waals surface area contributed by atoms with E-state index in [1.807, 2.05) is 17.1 Å². The number of ether oxygens (including phenoxy) is 1. The maximum atomic E-state index is 5.65. The van der Waals surface area contributed by atoms with Gasteiger partial charge in [-0.2, -0.15) is 5.10 Å². The fourth-order valence-corrected chi connectivity index (χ4v) is 2.57. The first-order valence-electron chi connectivity index (χ1n) is 6.79. The molecular weight excluding hydrogens is 268 g/mol. The van der Waals surface area contributed by atoms with E-state index in [2.05, 4.69) is 55.8 Å². The van der Waals surface area contributed by atoms with Crippen LogP contribution in [0.25, 0.3) is 0 Å². The van der Waals surface area contributed by atoms with Crippen molar-refractivity contribution in [1.29, 1.82) is 0 Å². The Morgan fingerprint density at radius 1 is 1.21 bits per heavy atom. The highest BCUT2D eigenvalue weighted by molar-refractivity contribution is 6.83. The summed E-state index contributed by atoms with van der Waals surface area (Å²) in [6.45, 7) is 15.1. The third-order valence-electron chi connectivity index (χ3n) is 2.44. The summed E-state index contributed by atoms with van der Waals surface area (Å²) < 4.78 is 7.47. The summed E-state index contributed by atoms with van der Waals surface area (Å²) in [6.07, 6.45) is 3.77. The second-order valence-electron chi connectivity index (χ2n) is 7.12. The lowest BCUT2D eigenvalue weighted by Gasteiger charge is -2.15. The van der Waals surface area contributed by atoms with Crippen LogP contribution in [0.3, 0.4) is 0 Å². The molecule has 106 valence electrons. The molecule has 0 spiro atoms. The van der Waals surface area contributed by atoms with E-state index in [1.165, 1.54) is 6.04 Å². The predicted octanol–water partition coefficient (Wildman–Crippen LogP) is 3.42. The fourth-order valence-electron chi connectivity index (χ4n) is 1.29. The quantitative estimate of drug-likeness (QED) is 0.473. The molecule has 19 heavy (non-hydrogen) atoms. The molecule has 0 aliphatic carbocycles. The molecule has 0 saturated heterocycles. The van der Waals surface area contributed by atoms with E-state index in [-0.39, 0.29) is 0 Å². The summed E-state index contributed by atoms with van der Waals surface area (Å²) in [4.78, 5) is 0. The summed E-state index contributed by atoms with van der Waals surface area (Å²) in [5.41, 5.74) is 4.32. The first kappa shape index (κ1) is 16.2. The Balaban J connectivity index is 2.41. The third kappa shape index (κ3) is 8.03. The second-order valence-corrected chi connectivity index (χ2v) is 17.5. The van der Waals surface area contributed by atoms with Gasteiger partial charge in [0, 0.05) is 20.9 Å². The Morgan fingerprint density at radius 3 is 2.47 bits per heavy atom. The van der Waals surface area contributed by atoms with Crippen molar-refractivity contribution in [2.45, 2.75) is 52.1 Å². The van der Waals surface area contributed by atoms with Crippen LogP contribution < -0.4 is 0 Å². The first-order valence-corrected chi connectivity index (χ1v) is 14.0. The largest absolute Gasteiger partial charge is 0.360 e. The minimum atomic E-state index is -1.31. The Labute approximate surface area is 119 Å². The van der Waals surface area contributed by atoms with Crippen molar-refractivity contribution in [3.05, 3.63) is 18.0 Å². The summed E-state index contributed by atoms with van der Waals surface area (Å²) in [6, 6.07) is 1.19. The van der Waals surface area contributed by atoms with Gasteiger partial charge in [-0.3, -0.25) is 0 Å². The van der Waals surface area contributed by atoms with Crippen molar-refractivity contribution in [2.75, 3.05) is 6.61 Å². The average Bonchev–Trinajstić information content (AvgIpc) is 2.67. The Kier molecular flexibility index (Phi) is 5.59. The summed E-state index contributed by atoms with van der Waals surface area (Å²) in [5, 5.41) is 4.27. The molecule has 0 bridgehead atoms. The lowest BCUT2D eigenvalue weighted by atomic mass is 10.4. The van der Waals surface area contributed by atoms with Crippen LogP contribution in [0.2, 0.25) is 45.3 Å². The van der Waals surface area contributed by atoms with Gasteiger partial charge in [0.1, 0.15) is 14.8 Å². The van der Waals surface area contributed by atoms with Crippen LogP contribution in [0, 0.1) is 11.5 Å². The normalized spacial score (nSPS) is 12.1. The van der Waals surface area contributed by atoms with Gasteiger partial charge in [-0.25, -0.2) is 4.68 Å². The monoisotopic (exact) mass is 294 g/mol. The van der Waals surface area contributed by atoms with E-state index >= 15 is 0 Å². The molecule has 0 N–H and O–H groups in total. The van der Waals surface area contributed by atoms with Crippen LogP contribution in [-0.4, -0.2) is 32.5 Å². The van der Waals surface area contributed by atoms with Crippen molar-refractivity contribution in [3.8, 4) is 11.5 Å². The zero-order valence-corrected chi connectivity index (χ0v) is 15.1. The van der Waals surface area contributed by atoms with Crippen LogP contribution in [0.5, 0.6) is 0 Å². The Bertz CT molecular complexity index is 458. The lowest BCUT2D eigenvalue weighted by molar-refractivity contribution is 0.0786. The summed E-state index contributed by atoms with van der Waals surface area (Å²) in [7, 11) is -2.30. The molecule has 5 heteroatoms. The minimum absolute atomic E-state index is 0.527. The van der Waals surface area contributed by atoms with Crippen LogP contribution >= 0.6 is 0 Å². The standard InChI is InChI=1S/C14H26N2OSi2/c1-18(2,3)9-7-14-11-15-16(12-14)13-17-8-10-19(4,5)6/h11-12H,8,10,13H2,1-6H3. The van der Waals surface area contributed by atoms with Crippen molar-refractivity contribution < 1.29 is 4.74 Å². The van der Waals surface area contributed by atoms with Gasteiger partial charge in [0.05, 0.1) is 11.8 Å². The number of hydrogen-bond acceptors (Lipinski definition) is 2. The summed E-state index contributed by atoms with van der Waals surface area (Å²) >= 11 is 0. The lowest BCUT2D eigenvalue weighted by Crippen LogP contribution is -2.22. The number of hydrogen-bond donors (Lipinski definition) is 0. The van der Waals surface area contributed by atoms with Crippen molar-refractivity contribution in [3.63, 3.8) is 0 Å². The molecule has 3 nitrogen and oxygen atoms in total. The smallest absolute Gasteiger partial charge is 0.139 e. The van der Waals surface area contributed by atoms with E-state index in [0.29, 0.717) is 6.73 Å². The molecule has 0 aliphatic heterocycles. The second kappa shape index (κ2) is 6.55. The van der Waals surface area contributed by atoms with E-state index in [9.17, 15) is 0 Å². The predicted molar refractivity (Wildman–Crippen MR) is 86.6 cm³/mol. The summed E-state index contributed by atoms with van der Waals surface area (Å²) in [5.74, 6) is 3.20. The number of aromatic nitrogens is 2. The van der Waals surface area contributed by atoms with Gasteiger partial charge in [0.15, 0.2) is 0 Å². The first-order chi connectivity index (χ1) is 8.66. The van der Waals surface area contributed by atoms with Crippen LogP contribution in [0.1, 0.15) is 5.56 Å². The Morgan fingerprint density at radius 2 is 1.89 bits per heavy atom. The molecule has 1 aromatic heterocycles. The maximum absolute atomic E-state index is 5.65. The van der Waals surface area contributed by atoms with Gasteiger partial charge in [0.2, 0.25) is 0 Å². The zero-order chi connectivity index (χ0) is 14.5. The van der Waals surface area contributed by atoms with Gasteiger partial charge in [-0.1, -0.05) is 45.2 Å². The van der Waals surface area contributed by atoms with Gasteiger partial charge in [-0.15, -0.1) is 5.54 Å². The zero-order valence-electron chi connectivity index (χ0n) is 13.1. The molecule has 0 aromatic carbocycles. The fraction of sp³-hybridized carbons (Fsp3) is 0.643. The molecule has 1 rings (SSSR count). The molecule has 0 amide bonds. The molecule has 0 radical (unpaired) electrons. The third-order valence-corrected chi connectivity index (χ3v) is 5.01. The average molecular weight is 295 g/mol. The topological polar surface area (TPSA) is 27.1 Å². The van der Waals surface area contributed by atoms with Gasteiger partial charge < -0.3 is 4.74 Å². The van der Waals surface area contributed by atoms with Crippen molar-refractivity contribution >= 4 is 16.1 Å². The molecule has 0 unspecified atom stereocenters. The molecule has 1 heterocycles. The van der Waals surface area contributed by atoms with Crippen LogP contribution in [-0.2, 0) is 11.5 Å². The highest BCUT2D eigenvalue weighted by atomic mass is 28.3. The van der Waals surface area contributed by atoms with Crippen molar-refractivity contribution in [2.24, 2.45) is 0 Å². The number of nitrogens with zero attached hydrogens (tertiary/aromatic N) is 2. The molecule has 0 saturated carbocycles. The minimum Gasteiger partial charge on any atom is -0.360 e. The maximum Gasteiger partial charge on any atom is 0.139 e. The van der Waals surface area contributed by atoms with E-state index < -0.39 is 16.1 Å². The van der Waals surface area contributed by atoms with Crippen LogP contribution in [0.4, 0.5) is 0 Å². The highest BCUT2D eigenvalue weighted by Gasteiger charge is 2.12. The Hall–Kier alpha value is -0.836. The molecular formula is C14H26N2OSi2. The van der Waals surface area contributed by atoms with Crippen LogP contribution in [0.15, 0.2) is 12.4 Å². The molecule has 0 fully saturated rings. The van der Waals surface area contributed by atoms with E-state index in [1.54, 1.807) is 0 Å². The highest BCUT2D eigenvalue weighted by Crippen LogP contribution is 2.08. The van der Waals surface area contributed by atoms with Gasteiger partial charge in [0.25, 0.3) is 0 Å². The number of rotatable bonds is 5. The molecule has 0 aliphatic rings.